The number of piperidine rings is 1. The topological polar surface area (TPSA) is 69.0 Å². The van der Waals surface area contributed by atoms with Crippen molar-refractivity contribution in [1.29, 1.82) is 0 Å². The molecule has 3 aromatic heterocycles. The van der Waals surface area contributed by atoms with Gasteiger partial charge in [-0.2, -0.15) is 5.10 Å². The lowest BCUT2D eigenvalue weighted by atomic mass is 10.1. The summed E-state index contributed by atoms with van der Waals surface area (Å²) >= 11 is 0. The number of hydrogen-bond donors (Lipinski definition) is 0. The summed E-state index contributed by atoms with van der Waals surface area (Å²) < 4.78 is 35.2. The van der Waals surface area contributed by atoms with E-state index >= 15 is 0 Å². The van der Waals surface area contributed by atoms with E-state index in [1.807, 2.05) is 23.1 Å². The first-order valence-corrected chi connectivity index (χ1v) is 13.0. The van der Waals surface area contributed by atoms with Crippen LogP contribution in [-0.4, -0.2) is 43.9 Å². The van der Waals surface area contributed by atoms with Crippen molar-refractivity contribution in [2.75, 3.05) is 18.0 Å². The van der Waals surface area contributed by atoms with E-state index < -0.39 is 11.6 Å². The fraction of sp³-hybridized carbons (Fsp3) is 0.429. The van der Waals surface area contributed by atoms with E-state index in [1.165, 1.54) is 12.1 Å². The smallest absolute Gasteiger partial charge is 0.167 e. The summed E-state index contributed by atoms with van der Waals surface area (Å²) in [6, 6.07) is 5.93. The molecule has 9 heteroatoms. The van der Waals surface area contributed by atoms with Gasteiger partial charge in [-0.05, 0) is 43.4 Å². The zero-order valence-corrected chi connectivity index (χ0v) is 21.1. The number of hydrogen-bond acceptors (Lipinski definition) is 6. The van der Waals surface area contributed by atoms with Gasteiger partial charge >= 0.3 is 0 Å². The Balaban J connectivity index is 1.28. The molecular weight excluding hydrogens is 474 g/mol. The summed E-state index contributed by atoms with van der Waals surface area (Å²) in [6.45, 7) is 5.71. The van der Waals surface area contributed by atoms with E-state index in [9.17, 15) is 8.78 Å². The molecule has 7 nitrogen and oxygen atoms in total. The quantitative estimate of drug-likeness (QED) is 0.319. The number of benzene rings is 1. The van der Waals surface area contributed by atoms with Gasteiger partial charge in [0.1, 0.15) is 23.1 Å². The van der Waals surface area contributed by atoms with Gasteiger partial charge in [0.05, 0.1) is 24.0 Å². The van der Waals surface area contributed by atoms with E-state index in [-0.39, 0.29) is 11.9 Å². The summed E-state index contributed by atoms with van der Waals surface area (Å²) in [5.41, 5.74) is 4.35. The van der Waals surface area contributed by atoms with Crippen molar-refractivity contribution < 1.29 is 13.5 Å². The Hall–Kier alpha value is -3.62. The fourth-order valence-corrected chi connectivity index (χ4v) is 4.87. The van der Waals surface area contributed by atoms with E-state index in [0.29, 0.717) is 37.9 Å². The molecule has 2 aliphatic rings. The standard InChI is InChI=1S/C28H30F2N6O/c1-17(2)11-20-13-24-25(15-31-20)34-28(27(33-24)18-14-32-36(16-18)21-4-5-21)35-9-7-22(8-10-35)37-26-6-3-19(29)12-23(26)30/h3,6,12-17,21-22H,4-5,7-11H2,1-2H3. The van der Waals surface area contributed by atoms with Gasteiger partial charge in [-0.1, -0.05) is 13.8 Å². The average molecular weight is 505 g/mol. The molecule has 0 bridgehead atoms. The van der Waals surface area contributed by atoms with Crippen molar-refractivity contribution in [2.24, 2.45) is 5.92 Å². The Bertz CT molecular complexity index is 1430. The van der Waals surface area contributed by atoms with Gasteiger partial charge in [0.15, 0.2) is 17.4 Å². The number of nitrogens with zero attached hydrogens (tertiary/aromatic N) is 6. The molecule has 1 aliphatic heterocycles. The molecule has 1 aromatic carbocycles. The van der Waals surface area contributed by atoms with Crippen molar-refractivity contribution in [3.05, 3.63) is 60.2 Å². The van der Waals surface area contributed by atoms with Crippen LogP contribution in [0.5, 0.6) is 5.75 Å². The van der Waals surface area contributed by atoms with Crippen LogP contribution in [0.15, 0.2) is 42.9 Å². The minimum absolute atomic E-state index is 0.0850. The molecule has 4 aromatic rings. The Morgan fingerprint density at radius 3 is 2.54 bits per heavy atom. The van der Waals surface area contributed by atoms with Crippen molar-refractivity contribution in [1.82, 2.24) is 24.7 Å². The minimum Gasteiger partial charge on any atom is -0.487 e. The van der Waals surface area contributed by atoms with Gasteiger partial charge in [-0.25, -0.2) is 18.7 Å². The van der Waals surface area contributed by atoms with Gasteiger partial charge in [0.2, 0.25) is 0 Å². The van der Waals surface area contributed by atoms with Crippen LogP contribution in [0.2, 0.25) is 0 Å². The number of pyridine rings is 1. The van der Waals surface area contributed by atoms with Gasteiger partial charge in [-0.3, -0.25) is 9.67 Å². The van der Waals surface area contributed by atoms with Crippen LogP contribution >= 0.6 is 0 Å². The normalized spacial score (nSPS) is 16.6. The van der Waals surface area contributed by atoms with Crippen LogP contribution in [0.3, 0.4) is 0 Å². The average Bonchev–Trinajstić information content (AvgIpc) is 3.61. The second kappa shape index (κ2) is 9.68. The van der Waals surface area contributed by atoms with Crippen molar-refractivity contribution in [3.63, 3.8) is 0 Å². The first-order valence-electron chi connectivity index (χ1n) is 13.0. The van der Waals surface area contributed by atoms with Crippen LogP contribution in [0, 0.1) is 17.6 Å². The highest BCUT2D eigenvalue weighted by Gasteiger charge is 2.28. The largest absolute Gasteiger partial charge is 0.487 e. The van der Waals surface area contributed by atoms with Gasteiger partial charge in [0.25, 0.3) is 0 Å². The van der Waals surface area contributed by atoms with Crippen LogP contribution in [0.1, 0.15) is 51.3 Å². The Kier molecular flexibility index (Phi) is 6.22. The number of anilines is 1. The maximum atomic E-state index is 14.1. The molecule has 0 atom stereocenters. The highest BCUT2D eigenvalue weighted by Crippen LogP contribution is 2.37. The molecule has 37 heavy (non-hydrogen) atoms. The highest BCUT2D eigenvalue weighted by atomic mass is 19.1. The number of ether oxygens (including phenoxy) is 1. The van der Waals surface area contributed by atoms with E-state index in [2.05, 4.69) is 35.0 Å². The summed E-state index contributed by atoms with van der Waals surface area (Å²) in [6.07, 6.45) is 10.2. The second-order valence-corrected chi connectivity index (χ2v) is 10.5. The molecule has 0 unspecified atom stereocenters. The lowest BCUT2D eigenvalue weighted by molar-refractivity contribution is 0.163. The molecule has 0 amide bonds. The SMILES string of the molecule is CC(C)Cc1cc2nc(-c3cnn(C4CC4)c3)c(N3CCC(Oc4ccc(F)cc4F)CC3)nc2cn1. The summed E-state index contributed by atoms with van der Waals surface area (Å²) in [4.78, 5) is 16.9. The van der Waals surface area contributed by atoms with Gasteiger partial charge in [0, 0.05) is 49.5 Å². The maximum absolute atomic E-state index is 14.1. The number of halogens is 2. The molecule has 6 rings (SSSR count). The maximum Gasteiger partial charge on any atom is 0.167 e. The van der Waals surface area contributed by atoms with Gasteiger partial charge < -0.3 is 9.64 Å². The van der Waals surface area contributed by atoms with E-state index in [4.69, 9.17) is 14.7 Å². The molecule has 0 radical (unpaired) electrons. The molecule has 0 N–H and O–H groups in total. The Labute approximate surface area is 214 Å². The van der Waals surface area contributed by atoms with E-state index in [1.54, 1.807) is 0 Å². The molecule has 0 spiro atoms. The molecule has 2 fully saturated rings. The monoisotopic (exact) mass is 504 g/mol. The predicted octanol–water partition coefficient (Wildman–Crippen LogP) is 5.75. The number of rotatable bonds is 7. The Morgan fingerprint density at radius 2 is 1.81 bits per heavy atom. The third-order valence-electron chi connectivity index (χ3n) is 6.93. The van der Waals surface area contributed by atoms with Crippen LogP contribution in [-0.2, 0) is 6.42 Å². The number of fused-ring (bicyclic) bond motifs is 1. The number of aromatic nitrogens is 5. The first-order chi connectivity index (χ1) is 17.9. The third-order valence-corrected chi connectivity index (χ3v) is 6.93. The van der Waals surface area contributed by atoms with Crippen LogP contribution in [0.25, 0.3) is 22.3 Å². The molecule has 1 aliphatic carbocycles. The Morgan fingerprint density at radius 1 is 1.00 bits per heavy atom. The molecule has 1 saturated carbocycles. The van der Waals surface area contributed by atoms with Crippen molar-refractivity contribution in [3.8, 4) is 17.0 Å². The highest BCUT2D eigenvalue weighted by molar-refractivity contribution is 5.83. The molecule has 1 saturated heterocycles. The fourth-order valence-electron chi connectivity index (χ4n) is 4.87. The van der Waals surface area contributed by atoms with Gasteiger partial charge in [-0.15, -0.1) is 0 Å². The lowest BCUT2D eigenvalue weighted by Gasteiger charge is -2.33. The second-order valence-electron chi connectivity index (χ2n) is 10.5. The zero-order chi connectivity index (χ0) is 25.5. The van der Waals surface area contributed by atoms with Crippen molar-refractivity contribution >= 4 is 16.9 Å². The predicted molar refractivity (Wildman–Crippen MR) is 138 cm³/mol. The zero-order valence-electron chi connectivity index (χ0n) is 21.1. The van der Waals surface area contributed by atoms with Crippen LogP contribution in [0.4, 0.5) is 14.6 Å². The summed E-state index contributed by atoms with van der Waals surface area (Å²) in [7, 11) is 0. The van der Waals surface area contributed by atoms with Crippen molar-refractivity contribution in [2.45, 2.75) is 58.1 Å². The minimum atomic E-state index is -0.679. The lowest BCUT2D eigenvalue weighted by Crippen LogP contribution is -2.39. The summed E-state index contributed by atoms with van der Waals surface area (Å²) in [5.74, 6) is 0.0924. The van der Waals surface area contributed by atoms with Crippen LogP contribution < -0.4 is 9.64 Å². The third kappa shape index (κ3) is 5.12. The summed E-state index contributed by atoms with van der Waals surface area (Å²) in [5, 5.41) is 4.59. The molecular formula is C28H30F2N6O. The molecule has 192 valence electrons. The molecule has 4 heterocycles. The first kappa shape index (κ1) is 23.8. The van der Waals surface area contributed by atoms with E-state index in [0.717, 1.165) is 59.1 Å².